The molecule has 2 aliphatic rings. The number of thioether (sulfide) groups is 2. The minimum Gasteiger partial charge on any atom is -0.139 e. The van der Waals surface area contributed by atoms with Gasteiger partial charge < -0.3 is 0 Å². The Kier molecular flexibility index (Phi) is 3.39. The first-order valence-corrected chi connectivity index (χ1v) is 6.45. The van der Waals surface area contributed by atoms with Crippen LogP contribution < -0.4 is 0 Å². The van der Waals surface area contributed by atoms with Gasteiger partial charge in [0.2, 0.25) is 0 Å². The van der Waals surface area contributed by atoms with Gasteiger partial charge in [-0.2, -0.15) is 0 Å². The monoisotopic (exact) mass is 208 g/mol. The van der Waals surface area contributed by atoms with E-state index < -0.39 is 0 Å². The Morgan fingerprint density at radius 3 is 2.85 bits per heavy atom. The molecule has 0 radical (unpaired) electrons. The van der Waals surface area contributed by atoms with E-state index in [1.54, 1.807) is 0 Å². The first-order valence-electron chi connectivity index (χ1n) is 4.41. The summed E-state index contributed by atoms with van der Waals surface area (Å²) in [6, 6.07) is 0. The number of hydrogen-bond donors (Lipinski definition) is 0. The average Bonchev–Trinajstić information content (AvgIpc) is 2.75. The summed E-state index contributed by atoms with van der Waals surface area (Å²) in [5, 5.41) is 1.76. The van der Waals surface area contributed by atoms with E-state index in [-0.39, 0.29) is 0 Å². The van der Waals surface area contributed by atoms with Crippen molar-refractivity contribution in [3.63, 3.8) is 0 Å². The van der Waals surface area contributed by atoms with Crippen LogP contribution in [0.1, 0.15) is 6.42 Å². The lowest BCUT2D eigenvalue weighted by Crippen LogP contribution is -1.89. The molecule has 0 atom stereocenters. The third-order valence-corrected chi connectivity index (χ3v) is 4.29. The Morgan fingerprint density at radius 1 is 1.31 bits per heavy atom. The van der Waals surface area contributed by atoms with Crippen LogP contribution in [-0.4, -0.2) is 10.3 Å². The number of rotatable bonds is 4. The average molecular weight is 208 g/mol. The molecule has 0 aromatic carbocycles. The van der Waals surface area contributed by atoms with Gasteiger partial charge in [-0.15, -0.1) is 23.5 Å². The van der Waals surface area contributed by atoms with Gasteiger partial charge in [-0.05, 0) is 6.42 Å². The third-order valence-electron chi connectivity index (χ3n) is 1.94. The zero-order chi connectivity index (χ0) is 8.93. The molecule has 0 heterocycles. The van der Waals surface area contributed by atoms with Crippen molar-refractivity contribution in [2.75, 3.05) is 5.08 Å². The Bertz CT molecular complexity index is 272. The molecule has 0 saturated carbocycles. The summed E-state index contributed by atoms with van der Waals surface area (Å²) in [7, 11) is 0. The highest BCUT2D eigenvalue weighted by Gasteiger charge is 2.04. The quantitative estimate of drug-likeness (QED) is 0.645. The summed E-state index contributed by atoms with van der Waals surface area (Å²) >= 11 is 3.93. The summed E-state index contributed by atoms with van der Waals surface area (Å²) in [6.45, 7) is 0. The van der Waals surface area contributed by atoms with E-state index >= 15 is 0 Å². The van der Waals surface area contributed by atoms with Crippen LogP contribution in [0, 0.1) is 0 Å². The fourth-order valence-corrected chi connectivity index (χ4v) is 3.50. The molecular formula is C11H12S2. The van der Waals surface area contributed by atoms with E-state index in [1.165, 1.54) is 4.91 Å². The molecule has 0 N–H and O–H groups in total. The summed E-state index contributed by atoms with van der Waals surface area (Å²) in [6.07, 6.45) is 16.6. The summed E-state index contributed by atoms with van der Waals surface area (Å²) < 4.78 is 0. The Morgan fingerprint density at radius 2 is 2.15 bits per heavy atom. The Hall–Kier alpha value is -0.340. The van der Waals surface area contributed by atoms with Crippen molar-refractivity contribution in [3.8, 4) is 0 Å². The zero-order valence-electron chi connectivity index (χ0n) is 7.35. The van der Waals surface area contributed by atoms with Gasteiger partial charge in [-0.1, -0.05) is 42.5 Å². The van der Waals surface area contributed by atoms with Crippen LogP contribution in [0.3, 0.4) is 0 Å². The van der Waals surface area contributed by atoms with Gasteiger partial charge in [-0.3, -0.25) is 0 Å². The molecule has 2 heteroatoms. The predicted octanol–water partition coefficient (Wildman–Crippen LogP) is 3.75. The van der Waals surface area contributed by atoms with E-state index in [9.17, 15) is 0 Å². The molecule has 0 fully saturated rings. The molecule has 0 saturated heterocycles. The molecule has 0 bridgehead atoms. The second-order valence-corrected chi connectivity index (χ2v) is 5.49. The molecular weight excluding hydrogens is 196 g/mol. The van der Waals surface area contributed by atoms with Crippen LogP contribution in [0.4, 0.5) is 0 Å². The van der Waals surface area contributed by atoms with Gasteiger partial charge in [0.15, 0.2) is 0 Å². The first-order chi connectivity index (χ1) is 6.45. The minimum absolute atomic E-state index is 0.610. The second-order valence-electron chi connectivity index (χ2n) is 2.91. The van der Waals surface area contributed by atoms with E-state index in [0.717, 1.165) is 11.5 Å². The lowest BCUT2D eigenvalue weighted by Gasteiger charge is -2.04. The van der Waals surface area contributed by atoms with Gasteiger partial charge in [0, 0.05) is 15.2 Å². The standard InChI is InChI=1S/C11H12S2/c1-2-6-10(5-1)12-9-13-11-7-3-4-8-11/h1-3,5-8,10H,4,9H2. The van der Waals surface area contributed by atoms with Crippen LogP contribution >= 0.6 is 23.5 Å². The molecule has 0 spiro atoms. The zero-order valence-corrected chi connectivity index (χ0v) is 8.98. The van der Waals surface area contributed by atoms with Crippen LogP contribution in [0.5, 0.6) is 0 Å². The highest BCUT2D eigenvalue weighted by Crippen LogP contribution is 2.29. The van der Waals surface area contributed by atoms with Crippen LogP contribution in [0.15, 0.2) is 47.4 Å². The molecule has 0 nitrogen and oxygen atoms in total. The minimum atomic E-state index is 0.610. The number of hydrogen-bond acceptors (Lipinski definition) is 2. The van der Waals surface area contributed by atoms with Crippen molar-refractivity contribution in [2.45, 2.75) is 11.7 Å². The van der Waals surface area contributed by atoms with Gasteiger partial charge >= 0.3 is 0 Å². The summed E-state index contributed by atoms with van der Waals surface area (Å²) in [5.41, 5.74) is 0. The molecule has 0 amide bonds. The van der Waals surface area contributed by atoms with Crippen molar-refractivity contribution in [1.29, 1.82) is 0 Å². The molecule has 0 aromatic rings. The Labute approximate surface area is 87.9 Å². The van der Waals surface area contributed by atoms with Crippen LogP contribution in [0.25, 0.3) is 0 Å². The topological polar surface area (TPSA) is 0 Å². The van der Waals surface area contributed by atoms with Crippen LogP contribution in [0.2, 0.25) is 0 Å². The van der Waals surface area contributed by atoms with Crippen molar-refractivity contribution >= 4 is 23.5 Å². The van der Waals surface area contributed by atoms with E-state index in [2.05, 4.69) is 42.5 Å². The lowest BCUT2D eigenvalue weighted by molar-refractivity contribution is 1.45. The van der Waals surface area contributed by atoms with E-state index in [0.29, 0.717) is 5.25 Å². The maximum Gasteiger partial charge on any atom is 0.0448 e. The van der Waals surface area contributed by atoms with Gasteiger partial charge in [-0.25, -0.2) is 0 Å². The van der Waals surface area contributed by atoms with Crippen molar-refractivity contribution < 1.29 is 0 Å². The van der Waals surface area contributed by atoms with Crippen molar-refractivity contribution in [2.24, 2.45) is 0 Å². The fraction of sp³-hybridized carbons (Fsp3) is 0.273. The highest BCUT2D eigenvalue weighted by molar-refractivity contribution is 8.18. The molecule has 0 aliphatic heterocycles. The first kappa shape index (κ1) is 9.22. The van der Waals surface area contributed by atoms with Gasteiger partial charge in [0.1, 0.15) is 0 Å². The lowest BCUT2D eigenvalue weighted by atomic mass is 10.5. The molecule has 2 aliphatic carbocycles. The van der Waals surface area contributed by atoms with Gasteiger partial charge in [0.25, 0.3) is 0 Å². The normalized spacial score (nSPS) is 20.2. The van der Waals surface area contributed by atoms with E-state index in [1.807, 2.05) is 23.5 Å². The molecule has 13 heavy (non-hydrogen) atoms. The maximum absolute atomic E-state index is 2.28. The largest absolute Gasteiger partial charge is 0.139 e. The second kappa shape index (κ2) is 4.77. The SMILES string of the molecule is C1=CC(SCSC2=CCC=C2)C=C1. The third kappa shape index (κ3) is 2.82. The van der Waals surface area contributed by atoms with Crippen molar-refractivity contribution in [3.05, 3.63) is 47.4 Å². The Balaban J connectivity index is 1.66. The smallest absolute Gasteiger partial charge is 0.0448 e. The molecule has 0 unspecified atom stereocenters. The molecule has 2 rings (SSSR count). The summed E-state index contributed by atoms with van der Waals surface area (Å²) in [4.78, 5) is 1.43. The highest BCUT2D eigenvalue weighted by atomic mass is 32.2. The van der Waals surface area contributed by atoms with Crippen LogP contribution in [-0.2, 0) is 0 Å². The molecule has 68 valence electrons. The summed E-state index contributed by atoms with van der Waals surface area (Å²) in [5.74, 6) is 0. The van der Waals surface area contributed by atoms with Gasteiger partial charge in [0.05, 0.1) is 0 Å². The van der Waals surface area contributed by atoms with Crippen molar-refractivity contribution in [1.82, 2.24) is 0 Å². The predicted molar refractivity (Wildman–Crippen MR) is 64.0 cm³/mol. The molecule has 0 aromatic heterocycles. The fourth-order valence-electron chi connectivity index (χ4n) is 1.25. The number of allylic oxidation sites excluding steroid dienone is 5. The maximum atomic E-state index is 2.28. The van der Waals surface area contributed by atoms with E-state index in [4.69, 9.17) is 0 Å².